The number of nitrogens with two attached hydrogens (primary N) is 2. The lowest BCUT2D eigenvalue weighted by atomic mass is 10.5. The van der Waals surface area contributed by atoms with Crippen molar-refractivity contribution in [2.45, 2.75) is 5.16 Å². The molecule has 0 atom stereocenters. The summed E-state index contributed by atoms with van der Waals surface area (Å²) in [6.45, 7) is 0. The molecule has 0 saturated heterocycles. The molecule has 10 heteroatoms. The van der Waals surface area contributed by atoms with Crippen molar-refractivity contribution in [3.05, 3.63) is 24.2 Å². The number of hydrogen-bond donors (Lipinski definition) is 3. The minimum absolute atomic E-state index is 0.0744. The van der Waals surface area contributed by atoms with Crippen molar-refractivity contribution >= 4 is 29.8 Å². The number of thioether (sulfide) groups is 1. The largest absolute Gasteiger partial charge is 0.463 e. The Hall–Kier alpha value is -2.49. The molecule has 0 fully saturated rings. The Kier molecular flexibility index (Phi) is 4.03. The van der Waals surface area contributed by atoms with Gasteiger partial charge >= 0.3 is 0 Å². The zero-order chi connectivity index (χ0) is 13.7. The highest BCUT2D eigenvalue weighted by atomic mass is 32.2. The number of hydrogen-bond acceptors (Lipinski definition) is 8. The van der Waals surface area contributed by atoms with Crippen molar-refractivity contribution in [2.24, 2.45) is 10.8 Å². The molecular formula is C9H11N7O2S. The lowest BCUT2D eigenvalue weighted by molar-refractivity contribution is -0.115. The first-order chi connectivity index (χ1) is 9.16. The molecular weight excluding hydrogens is 270 g/mol. The summed E-state index contributed by atoms with van der Waals surface area (Å²) in [6.07, 6.45) is 3.00. The minimum atomic E-state index is -0.460. The summed E-state index contributed by atoms with van der Waals surface area (Å²) in [7, 11) is 0. The Balaban J connectivity index is 1.96. The Morgan fingerprint density at radius 2 is 2.47 bits per heavy atom. The van der Waals surface area contributed by atoms with E-state index in [-0.39, 0.29) is 11.7 Å². The molecule has 0 spiro atoms. The first-order valence-electron chi connectivity index (χ1n) is 5.11. The highest BCUT2D eigenvalue weighted by Crippen LogP contribution is 2.15. The van der Waals surface area contributed by atoms with Gasteiger partial charge in [-0.1, -0.05) is 11.8 Å². The number of anilines is 1. The first kappa shape index (κ1) is 13.0. The molecule has 19 heavy (non-hydrogen) atoms. The number of aromatic nitrogens is 3. The van der Waals surface area contributed by atoms with Crippen LogP contribution in [0.2, 0.25) is 0 Å². The van der Waals surface area contributed by atoms with Crippen LogP contribution in [0.15, 0.2) is 33.1 Å². The Bertz CT molecular complexity index is 577. The molecule has 0 aliphatic rings. The third-order valence-electron chi connectivity index (χ3n) is 1.91. The van der Waals surface area contributed by atoms with Gasteiger partial charge in [-0.25, -0.2) is 10.1 Å². The summed E-state index contributed by atoms with van der Waals surface area (Å²) in [6, 6.07) is 3.48. The number of hydrazone groups is 1. The van der Waals surface area contributed by atoms with Gasteiger partial charge in [0.2, 0.25) is 11.1 Å². The van der Waals surface area contributed by atoms with E-state index in [2.05, 4.69) is 20.7 Å². The van der Waals surface area contributed by atoms with Crippen LogP contribution in [-0.2, 0) is 4.79 Å². The number of furan rings is 1. The van der Waals surface area contributed by atoms with Crippen LogP contribution in [0.4, 0.5) is 5.95 Å². The lowest BCUT2D eigenvalue weighted by Gasteiger charge is -2.00. The molecule has 0 unspecified atom stereocenters. The number of nitrogens with zero attached hydrogens (tertiary/aromatic N) is 4. The molecule has 0 aliphatic heterocycles. The summed E-state index contributed by atoms with van der Waals surface area (Å²) >= 11 is 1.09. The monoisotopic (exact) mass is 281 g/mol. The number of nitrogens with one attached hydrogen (secondary N) is 1. The number of carbonyl (C=O) groups is 1. The molecule has 0 aromatic carbocycles. The second kappa shape index (κ2) is 5.91. The van der Waals surface area contributed by atoms with Crippen LogP contribution in [0, 0.1) is 0 Å². The Morgan fingerprint density at radius 1 is 1.63 bits per heavy atom. The minimum Gasteiger partial charge on any atom is -0.463 e. The predicted molar refractivity (Wildman–Crippen MR) is 70.0 cm³/mol. The summed E-state index contributed by atoms with van der Waals surface area (Å²) < 4.78 is 6.23. The van der Waals surface area contributed by atoms with E-state index in [0.717, 1.165) is 11.8 Å². The van der Waals surface area contributed by atoms with Crippen LogP contribution in [0.25, 0.3) is 0 Å². The summed E-state index contributed by atoms with van der Waals surface area (Å²) in [5, 5.41) is 11.8. The Morgan fingerprint density at radius 3 is 3.16 bits per heavy atom. The van der Waals surface area contributed by atoms with Crippen molar-refractivity contribution < 1.29 is 9.21 Å². The third-order valence-corrected chi connectivity index (χ3v) is 2.87. The summed E-state index contributed by atoms with van der Waals surface area (Å²) in [4.78, 5) is 10.6. The van der Waals surface area contributed by atoms with Crippen molar-refractivity contribution in [1.29, 1.82) is 0 Å². The topological polar surface area (TPSA) is 137 Å². The second-order valence-corrected chi connectivity index (χ2v) is 4.26. The van der Waals surface area contributed by atoms with Gasteiger partial charge in [0.05, 0.1) is 18.2 Å². The van der Waals surface area contributed by atoms with E-state index in [4.69, 9.17) is 16.0 Å². The molecule has 0 aliphatic carbocycles. The van der Waals surface area contributed by atoms with Gasteiger partial charge in [0.15, 0.2) is 0 Å². The van der Waals surface area contributed by atoms with Crippen LogP contribution >= 0.6 is 11.8 Å². The maximum atomic E-state index is 10.6. The molecule has 2 heterocycles. The van der Waals surface area contributed by atoms with Crippen LogP contribution < -0.4 is 17.0 Å². The number of carbonyl (C=O) groups excluding carboxylic acids is 1. The van der Waals surface area contributed by atoms with Crippen molar-refractivity contribution in [2.75, 3.05) is 17.0 Å². The number of primary amides is 1. The van der Waals surface area contributed by atoms with E-state index in [0.29, 0.717) is 10.9 Å². The van der Waals surface area contributed by atoms with E-state index in [9.17, 15) is 4.79 Å². The number of amides is 1. The van der Waals surface area contributed by atoms with Gasteiger partial charge in [-0.05, 0) is 12.1 Å². The van der Waals surface area contributed by atoms with Gasteiger partial charge in [-0.2, -0.15) is 5.10 Å². The molecule has 2 aromatic rings. The van der Waals surface area contributed by atoms with Crippen LogP contribution in [0.5, 0.6) is 0 Å². The average molecular weight is 281 g/mol. The number of nitrogen functional groups attached to an aromatic ring is 1. The predicted octanol–water partition coefficient (Wildman–Crippen LogP) is -0.392. The lowest BCUT2D eigenvalue weighted by Crippen LogP contribution is -2.16. The van der Waals surface area contributed by atoms with E-state index >= 15 is 0 Å². The highest BCUT2D eigenvalue weighted by molar-refractivity contribution is 7.99. The molecule has 2 aromatic heterocycles. The van der Waals surface area contributed by atoms with Gasteiger partial charge in [0.1, 0.15) is 5.76 Å². The summed E-state index contributed by atoms with van der Waals surface area (Å²) in [5.74, 6) is 6.14. The maximum Gasteiger partial charge on any atom is 0.264 e. The quantitative estimate of drug-likeness (QED) is 0.283. The van der Waals surface area contributed by atoms with Gasteiger partial charge in [0, 0.05) is 0 Å². The van der Waals surface area contributed by atoms with Crippen molar-refractivity contribution in [3.63, 3.8) is 0 Å². The molecule has 1 amide bonds. The van der Waals surface area contributed by atoms with Gasteiger partial charge in [-0.3, -0.25) is 4.79 Å². The summed E-state index contributed by atoms with van der Waals surface area (Å²) in [5.41, 5.74) is 7.63. The number of rotatable bonds is 6. The molecule has 0 saturated carbocycles. The van der Waals surface area contributed by atoms with Crippen molar-refractivity contribution in [1.82, 2.24) is 14.9 Å². The smallest absolute Gasteiger partial charge is 0.264 e. The van der Waals surface area contributed by atoms with Gasteiger partial charge in [-0.15, -0.1) is 10.2 Å². The maximum absolute atomic E-state index is 10.6. The van der Waals surface area contributed by atoms with Crippen molar-refractivity contribution in [3.8, 4) is 0 Å². The first-order valence-corrected chi connectivity index (χ1v) is 6.09. The fraction of sp³-hybridized carbons (Fsp3) is 0.111. The molecule has 0 radical (unpaired) electrons. The standard InChI is InChI=1S/C9H11N7O2S/c10-7(17)5-19-9-15-14-8(16(9)11)13-12-4-6-2-1-3-18-6/h1-4H,5,11H2,(H2,10,17)(H,13,14)/b12-4+. The zero-order valence-corrected chi connectivity index (χ0v) is 10.5. The molecule has 0 bridgehead atoms. The highest BCUT2D eigenvalue weighted by Gasteiger charge is 2.10. The third kappa shape index (κ3) is 3.48. The van der Waals surface area contributed by atoms with E-state index in [1.807, 2.05) is 0 Å². The fourth-order valence-corrected chi connectivity index (χ4v) is 1.70. The second-order valence-electron chi connectivity index (χ2n) is 3.32. The van der Waals surface area contributed by atoms with Gasteiger partial charge < -0.3 is 16.0 Å². The molecule has 2 rings (SSSR count). The average Bonchev–Trinajstić information content (AvgIpc) is 2.99. The van der Waals surface area contributed by atoms with E-state index in [1.165, 1.54) is 17.2 Å². The molecule has 9 nitrogen and oxygen atoms in total. The normalized spacial score (nSPS) is 10.9. The Labute approximate surface area is 112 Å². The molecule has 5 N–H and O–H groups in total. The molecule has 100 valence electrons. The van der Waals surface area contributed by atoms with E-state index < -0.39 is 5.91 Å². The zero-order valence-electron chi connectivity index (χ0n) is 9.68. The fourth-order valence-electron chi connectivity index (χ4n) is 1.11. The SMILES string of the molecule is NC(=O)CSc1nnc(N/N=C/c2ccco2)n1N. The van der Waals surface area contributed by atoms with Gasteiger partial charge in [0.25, 0.3) is 5.95 Å². The van der Waals surface area contributed by atoms with E-state index in [1.54, 1.807) is 12.1 Å². The van der Waals surface area contributed by atoms with Crippen LogP contribution in [0.1, 0.15) is 5.76 Å². The van der Waals surface area contributed by atoms with Crippen LogP contribution in [0.3, 0.4) is 0 Å². The van der Waals surface area contributed by atoms with Crippen LogP contribution in [-0.4, -0.2) is 32.7 Å².